The molecule has 236 valence electrons. The van der Waals surface area contributed by atoms with Crippen LogP contribution in [0, 0.1) is 41.0 Å². The monoisotopic (exact) mass is 667 g/mol. The van der Waals surface area contributed by atoms with Gasteiger partial charge in [0.2, 0.25) is 10.0 Å². The van der Waals surface area contributed by atoms with E-state index in [-0.39, 0.29) is 54.9 Å². The highest BCUT2D eigenvalue weighted by Gasteiger charge is 2.30. The summed E-state index contributed by atoms with van der Waals surface area (Å²) in [5.41, 5.74) is -0.717. The fourth-order valence-electron chi connectivity index (χ4n) is 3.93. The predicted molar refractivity (Wildman–Crippen MR) is 160 cm³/mol. The molecular formula is C24H29Cl2F2N7O7S. The first-order valence-electron chi connectivity index (χ1n) is 12.5. The Labute approximate surface area is 255 Å². The molecular weight excluding hydrogens is 639 g/mol. The number of hydrogen-bond donors (Lipinski definition) is 2. The Morgan fingerprint density at radius 2 is 1.60 bits per heavy atom. The summed E-state index contributed by atoms with van der Waals surface area (Å²) in [5, 5.41) is 29.0. The molecule has 19 heteroatoms. The van der Waals surface area contributed by atoms with Crippen molar-refractivity contribution in [1.29, 1.82) is 0 Å². The highest BCUT2D eigenvalue weighted by molar-refractivity contribution is 7.92. The van der Waals surface area contributed by atoms with Crippen molar-refractivity contribution in [2.75, 3.05) is 16.3 Å². The summed E-state index contributed by atoms with van der Waals surface area (Å²) in [4.78, 5) is 33.3. The van der Waals surface area contributed by atoms with Crippen molar-refractivity contribution in [3.05, 3.63) is 75.9 Å². The van der Waals surface area contributed by atoms with Crippen LogP contribution in [0.2, 0.25) is 10.0 Å². The summed E-state index contributed by atoms with van der Waals surface area (Å²) >= 11 is 11.8. The normalized spacial score (nSPS) is 11.3. The van der Waals surface area contributed by atoms with Crippen LogP contribution in [0.15, 0.2) is 23.0 Å². The van der Waals surface area contributed by atoms with E-state index in [2.05, 4.69) is 15.1 Å². The zero-order chi connectivity index (χ0) is 33.0. The molecule has 1 aromatic heterocycles. The summed E-state index contributed by atoms with van der Waals surface area (Å²) in [5.74, 6) is -0.228. The average molecular weight is 669 g/mol. The predicted octanol–water partition coefficient (Wildman–Crippen LogP) is 6.14. The molecule has 0 amide bonds. The second kappa shape index (κ2) is 14.1. The van der Waals surface area contributed by atoms with Crippen LogP contribution in [0.4, 0.5) is 31.5 Å². The molecule has 0 saturated carbocycles. The first-order valence-corrected chi connectivity index (χ1v) is 15.1. The summed E-state index contributed by atoms with van der Waals surface area (Å²) in [6.07, 6.45) is 2.37. The fourth-order valence-corrected chi connectivity index (χ4v) is 5.06. The van der Waals surface area contributed by atoms with E-state index < -0.39 is 32.1 Å². The minimum Gasteiger partial charge on any atom is -0.371 e. The van der Waals surface area contributed by atoms with E-state index in [1.165, 1.54) is 19.1 Å². The third-order valence-electron chi connectivity index (χ3n) is 6.24. The minimum absolute atomic E-state index is 0.0109. The minimum atomic E-state index is -3.65. The summed E-state index contributed by atoms with van der Waals surface area (Å²) < 4.78 is 51.3. The van der Waals surface area contributed by atoms with E-state index in [0.717, 1.165) is 25.2 Å². The van der Waals surface area contributed by atoms with Crippen LogP contribution >= 0.6 is 23.2 Å². The van der Waals surface area contributed by atoms with E-state index in [1.54, 1.807) is 13.8 Å². The van der Waals surface area contributed by atoms with Gasteiger partial charge >= 0.3 is 17.9 Å². The van der Waals surface area contributed by atoms with Crippen LogP contribution in [-0.2, 0) is 10.0 Å². The van der Waals surface area contributed by atoms with Crippen molar-refractivity contribution in [2.45, 2.75) is 60.1 Å². The van der Waals surface area contributed by atoms with Crippen LogP contribution in [-0.4, -0.2) is 44.9 Å². The molecule has 2 aromatic carbocycles. The van der Waals surface area contributed by atoms with Gasteiger partial charge in [-0.15, -0.1) is 5.10 Å². The van der Waals surface area contributed by atoms with Crippen molar-refractivity contribution >= 4 is 56.0 Å². The lowest BCUT2D eigenvalue weighted by Gasteiger charge is -2.17. The van der Waals surface area contributed by atoms with E-state index >= 15 is 0 Å². The van der Waals surface area contributed by atoms with Crippen molar-refractivity contribution in [2.24, 2.45) is 0 Å². The SMILES string of the molecule is CCC(CC)Nc1c([N+](=O)[O-])cc(C)c(C)c1[N+](=O)[O-].Cc1nn(-c2cc(NS(C)(=O)=O)c(Cl)cc2Cl)c(=O)n1C(F)F. The van der Waals surface area contributed by atoms with Crippen molar-refractivity contribution in [3.8, 4) is 5.69 Å². The molecule has 0 unspecified atom stereocenters. The largest absolute Gasteiger partial charge is 0.371 e. The molecule has 0 aliphatic carbocycles. The number of halogens is 4. The molecule has 1 heterocycles. The Kier molecular flexibility index (Phi) is 11.6. The van der Waals surface area contributed by atoms with Gasteiger partial charge in [0.25, 0.3) is 5.69 Å². The maximum Gasteiger partial charge on any atom is 0.355 e. The number of rotatable bonds is 10. The molecule has 0 radical (unpaired) electrons. The van der Waals surface area contributed by atoms with Crippen LogP contribution in [0.5, 0.6) is 0 Å². The van der Waals surface area contributed by atoms with Gasteiger partial charge in [0.1, 0.15) is 5.82 Å². The number of hydrogen-bond acceptors (Lipinski definition) is 9. The topological polar surface area (TPSA) is 184 Å². The van der Waals surface area contributed by atoms with Crippen molar-refractivity contribution < 1.29 is 27.0 Å². The van der Waals surface area contributed by atoms with Crippen LogP contribution in [0.1, 0.15) is 50.2 Å². The Morgan fingerprint density at radius 1 is 1.02 bits per heavy atom. The van der Waals surface area contributed by atoms with Crippen LogP contribution < -0.4 is 15.7 Å². The second-order valence-electron chi connectivity index (χ2n) is 9.28. The van der Waals surface area contributed by atoms with Gasteiger partial charge < -0.3 is 5.32 Å². The van der Waals surface area contributed by atoms with Gasteiger partial charge in [-0.25, -0.2) is 17.8 Å². The average Bonchev–Trinajstić information content (AvgIpc) is 3.18. The summed E-state index contributed by atoms with van der Waals surface area (Å²) in [6.45, 7) is 5.25. The van der Waals surface area contributed by atoms with Crippen LogP contribution in [0.3, 0.4) is 0 Å². The number of nitrogens with zero attached hydrogens (tertiary/aromatic N) is 5. The number of aromatic nitrogens is 3. The van der Waals surface area contributed by atoms with E-state index in [0.29, 0.717) is 15.8 Å². The Morgan fingerprint density at radius 3 is 2.05 bits per heavy atom. The van der Waals surface area contributed by atoms with Gasteiger partial charge in [-0.3, -0.25) is 25.0 Å². The molecule has 14 nitrogen and oxygen atoms in total. The first-order chi connectivity index (χ1) is 19.8. The molecule has 3 aromatic rings. The Bertz CT molecular complexity index is 1710. The van der Waals surface area contributed by atoms with Gasteiger partial charge in [0.15, 0.2) is 5.69 Å². The quantitative estimate of drug-likeness (QED) is 0.189. The Balaban J connectivity index is 0.000000304. The lowest BCUT2D eigenvalue weighted by atomic mass is 10.0. The van der Waals surface area contributed by atoms with E-state index in [1.807, 2.05) is 13.8 Å². The number of sulfonamides is 1. The molecule has 0 bridgehead atoms. The molecule has 0 saturated heterocycles. The molecule has 0 fully saturated rings. The molecule has 43 heavy (non-hydrogen) atoms. The zero-order valence-corrected chi connectivity index (χ0v) is 26.1. The number of nitro groups is 2. The van der Waals surface area contributed by atoms with Gasteiger partial charge in [-0.1, -0.05) is 37.0 Å². The van der Waals surface area contributed by atoms with Crippen molar-refractivity contribution in [3.63, 3.8) is 0 Å². The fraction of sp³-hybridized carbons (Fsp3) is 0.417. The third-order valence-corrected chi connectivity index (χ3v) is 7.45. The molecule has 0 aliphatic heterocycles. The number of nitrogens with one attached hydrogen (secondary N) is 2. The third kappa shape index (κ3) is 8.39. The number of nitro benzene ring substituents is 2. The van der Waals surface area contributed by atoms with Gasteiger partial charge in [0, 0.05) is 17.7 Å². The number of alkyl halides is 2. The van der Waals surface area contributed by atoms with Gasteiger partial charge in [0.05, 0.1) is 37.5 Å². The summed E-state index contributed by atoms with van der Waals surface area (Å²) in [7, 11) is -3.65. The number of benzene rings is 2. The van der Waals surface area contributed by atoms with Gasteiger partial charge in [-0.05, 0) is 51.3 Å². The van der Waals surface area contributed by atoms with Crippen molar-refractivity contribution in [1.82, 2.24) is 14.3 Å². The second-order valence-corrected chi connectivity index (χ2v) is 11.8. The molecule has 0 spiro atoms. The lowest BCUT2D eigenvalue weighted by Crippen LogP contribution is -2.25. The summed E-state index contributed by atoms with van der Waals surface area (Å²) in [6, 6.07) is 3.66. The zero-order valence-electron chi connectivity index (χ0n) is 23.8. The molecule has 0 atom stereocenters. The van der Waals surface area contributed by atoms with E-state index in [9.17, 15) is 42.2 Å². The smallest absolute Gasteiger partial charge is 0.355 e. The van der Waals surface area contributed by atoms with E-state index in [4.69, 9.17) is 23.2 Å². The Hall–Kier alpha value is -3.83. The number of anilines is 2. The molecule has 2 N–H and O–H groups in total. The number of aryl methyl sites for hydroxylation is 2. The highest BCUT2D eigenvalue weighted by atomic mass is 35.5. The highest BCUT2D eigenvalue weighted by Crippen LogP contribution is 2.39. The van der Waals surface area contributed by atoms with Gasteiger partial charge in [-0.2, -0.15) is 13.5 Å². The van der Waals surface area contributed by atoms with Crippen LogP contribution in [0.25, 0.3) is 5.69 Å². The standard InChI is InChI=1S/C13H19N3O4.C11H10Cl2F2N4O3S/c1-5-10(6-2)14-12-11(15(17)18)7-8(3)9(4)13(12)16(19)20;1-5-16-19(11(20)18(5)10(14)15)9-4-8(17-23(2,21)22)6(12)3-7(9)13/h7,10,14H,5-6H2,1-4H3;3-4,10,17H,1-2H3. The maximum atomic E-state index is 12.8. The molecule has 0 aliphatic rings. The maximum absolute atomic E-state index is 12.8. The molecule has 3 rings (SSSR count). The lowest BCUT2D eigenvalue weighted by molar-refractivity contribution is -0.392. The first kappa shape index (κ1) is 35.4.